The van der Waals surface area contributed by atoms with E-state index >= 15 is 0 Å². The lowest BCUT2D eigenvalue weighted by atomic mass is 9.58. The van der Waals surface area contributed by atoms with E-state index in [0.717, 1.165) is 6.07 Å². The van der Waals surface area contributed by atoms with Gasteiger partial charge in [0.25, 0.3) is 5.91 Å². The fourth-order valence-corrected chi connectivity index (χ4v) is 3.90. The quantitative estimate of drug-likeness (QED) is 0.786. The van der Waals surface area contributed by atoms with Gasteiger partial charge in [0, 0.05) is 35.6 Å². The van der Waals surface area contributed by atoms with Crippen LogP contribution < -0.4 is 5.32 Å². The van der Waals surface area contributed by atoms with Gasteiger partial charge in [-0.15, -0.1) is 0 Å². The number of hydrogen-bond acceptors (Lipinski definition) is 3. The maximum atomic E-state index is 13.8. The number of hydrogen-bond donors (Lipinski definition) is 3. The first kappa shape index (κ1) is 15.5. The highest BCUT2D eigenvalue weighted by Crippen LogP contribution is 2.49. The molecule has 2 aromatic rings. The van der Waals surface area contributed by atoms with E-state index in [1.165, 1.54) is 12.1 Å². The normalized spacial score (nSPS) is 25.6. The number of rotatable bonds is 2. The minimum atomic E-state index is -0.970. The molecule has 1 spiro atoms. The number of aromatic nitrogens is 1. The molecule has 5 nitrogen and oxygen atoms in total. The molecule has 3 N–H and O–H groups in total. The zero-order valence-corrected chi connectivity index (χ0v) is 12.9. The first-order chi connectivity index (χ1) is 11.5. The van der Waals surface area contributed by atoms with Crippen molar-refractivity contribution < 1.29 is 23.4 Å². The van der Waals surface area contributed by atoms with Gasteiger partial charge in [-0.25, -0.2) is 8.78 Å². The first-order valence-corrected chi connectivity index (χ1v) is 8.05. The van der Waals surface area contributed by atoms with Crippen LogP contribution in [0, 0.1) is 17.0 Å². The lowest BCUT2D eigenvalue weighted by Gasteiger charge is -2.55. The zero-order chi connectivity index (χ0) is 16.9. The topological polar surface area (TPSA) is 74.3 Å². The molecular formula is C17H18F2N2O3. The van der Waals surface area contributed by atoms with E-state index in [0.29, 0.717) is 38.0 Å². The van der Waals surface area contributed by atoms with Crippen LogP contribution in [0.2, 0.25) is 0 Å². The van der Waals surface area contributed by atoms with E-state index in [1.54, 1.807) is 0 Å². The molecule has 1 aromatic carbocycles. The van der Waals surface area contributed by atoms with Crippen molar-refractivity contribution >= 4 is 16.8 Å². The third-order valence-corrected chi connectivity index (χ3v) is 5.48. The van der Waals surface area contributed by atoms with Crippen molar-refractivity contribution in [2.45, 2.75) is 31.4 Å². The number of amides is 1. The average Bonchev–Trinajstić information content (AvgIpc) is 3.04. The Morgan fingerprint density at radius 2 is 2.08 bits per heavy atom. The van der Waals surface area contributed by atoms with Crippen molar-refractivity contribution in [1.82, 2.24) is 10.3 Å². The van der Waals surface area contributed by atoms with Crippen LogP contribution in [0.1, 0.15) is 29.8 Å². The Kier molecular flexibility index (Phi) is 3.58. The van der Waals surface area contributed by atoms with Gasteiger partial charge >= 0.3 is 0 Å². The number of halogens is 2. The molecule has 1 saturated heterocycles. The summed E-state index contributed by atoms with van der Waals surface area (Å²) in [7, 11) is 0. The smallest absolute Gasteiger partial charge is 0.267 e. The van der Waals surface area contributed by atoms with Gasteiger partial charge in [0.15, 0.2) is 11.6 Å². The van der Waals surface area contributed by atoms with E-state index < -0.39 is 17.7 Å². The van der Waals surface area contributed by atoms with Crippen LogP contribution in [0.3, 0.4) is 0 Å². The van der Waals surface area contributed by atoms with E-state index in [-0.39, 0.29) is 28.4 Å². The highest BCUT2D eigenvalue weighted by Gasteiger charge is 2.55. The standard InChI is InChI=1S/C17H18F2N2O3/c18-10-1-2-11-9(15(10)19)7-12(20-11)16(23)21-13-8-14(22)17(13)3-5-24-6-4-17/h1-2,7,13-14,20,22H,3-6,8H2,(H,21,23)/t13-,14-/m1/s1. The summed E-state index contributed by atoms with van der Waals surface area (Å²) in [6, 6.07) is 3.60. The second kappa shape index (κ2) is 5.53. The number of ether oxygens (including phenoxy) is 1. The van der Waals surface area contributed by atoms with Crippen LogP contribution in [0.25, 0.3) is 10.9 Å². The molecule has 7 heteroatoms. The minimum Gasteiger partial charge on any atom is -0.392 e. The molecule has 1 amide bonds. The molecule has 4 rings (SSSR count). The molecule has 0 unspecified atom stereocenters. The van der Waals surface area contributed by atoms with E-state index in [1.807, 2.05) is 0 Å². The van der Waals surface area contributed by atoms with Crippen molar-refractivity contribution in [2.75, 3.05) is 13.2 Å². The molecule has 24 heavy (non-hydrogen) atoms. The van der Waals surface area contributed by atoms with Crippen LogP contribution >= 0.6 is 0 Å². The summed E-state index contributed by atoms with van der Waals surface area (Å²) < 4.78 is 32.4. The minimum absolute atomic E-state index is 0.0505. The number of aliphatic hydroxyl groups excluding tert-OH is 1. The average molecular weight is 336 g/mol. The summed E-state index contributed by atoms with van der Waals surface area (Å²) in [5.74, 6) is -2.30. The number of aliphatic hydroxyl groups is 1. The highest BCUT2D eigenvalue weighted by atomic mass is 19.2. The Balaban J connectivity index is 1.55. The molecule has 1 saturated carbocycles. The van der Waals surface area contributed by atoms with Gasteiger partial charge in [-0.05, 0) is 37.5 Å². The van der Waals surface area contributed by atoms with Crippen LogP contribution in [0.15, 0.2) is 18.2 Å². The summed E-state index contributed by atoms with van der Waals surface area (Å²) in [5, 5.41) is 13.1. The van der Waals surface area contributed by atoms with Gasteiger partial charge < -0.3 is 20.1 Å². The summed E-state index contributed by atoms with van der Waals surface area (Å²) in [4.78, 5) is 15.3. The van der Waals surface area contributed by atoms with E-state index in [9.17, 15) is 18.7 Å². The van der Waals surface area contributed by atoms with Crippen molar-refractivity contribution in [1.29, 1.82) is 0 Å². The van der Waals surface area contributed by atoms with Crippen molar-refractivity contribution in [2.24, 2.45) is 5.41 Å². The molecule has 0 bridgehead atoms. The number of H-pyrrole nitrogens is 1. The number of carbonyl (C=O) groups is 1. The number of benzene rings is 1. The third kappa shape index (κ3) is 2.22. The highest BCUT2D eigenvalue weighted by molar-refractivity contribution is 5.98. The fraction of sp³-hybridized carbons (Fsp3) is 0.471. The van der Waals surface area contributed by atoms with Gasteiger partial charge in [0.05, 0.1) is 6.10 Å². The summed E-state index contributed by atoms with van der Waals surface area (Å²) in [5.41, 5.74) is 0.212. The monoisotopic (exact) mass is 336 g/mol. The van der Waals surface area contributed by atoms with Crippen LogP contribution in [-0.4, -0.2) is 41.4 Å². The second-order valence-electron chi connectivity index (χ2n) is 6.63. The summed E-state index contributed by atoms with van der Waals surface area (Å²) in [6.07, 6.45) is 1.45. The largest absolute Gasteiger partial charge is 0.392 e. The van der Waals surface area contributed by atoms with E-state index in [4.69, 9.17) is 4.74 Å². The van der Waals surface area contributed by atoms with Gasteiger partial charge in [-0.3, -0.25) is 4.79 Å². The molecule has 2 heterocycles. The molecule has 2 aliphatic rings. The Morgan fingerprint density at radius 3 is 2.79 bits per heavy atom. The van der Waals surface area contributed by atoms with Gasteiger partial charge in [0.2, 0.25) is 0 Å². The summed E-state index contributed by atoms with van der Waals surface area (Å²) in [6.45, 7) is 1.14. The van der Waals surface area contributed by atoms with Gasteiger partial charge in [-0.1, -0.05) is 0 Å². The van der Waals surface area contributed by atoms with Gasteiger partial charge in [0.1, 0.15) is 5.69 Å². The zero-order valence-electron chi connectivity index (χ0n) is 12.9. The maximum Gasteiger partial charge on any atom is 0.267 e. The van der Waals surface area contributed by atoms with Crippen LogP contribution in [0.4, 0.5) is 8.78 Å². The van der Waals surface area contributed by atoms with Crippen molar-refractivity contribution in [3.63, 3.8) is 0 Å². The molecule has 1 aromatic heterocycles. The van der Waals surface area contributed by atoms with E-state index in [2.05, 4.69) is 10.3 Å². The predicted octanol–water partition coefficient (Wildman–Crippen LogP) is 2.11. The van der Waals surface area contributed by atoms with Crippen molar-refractivity contribution in [3.8, 4) is 0 Å². The fourth-order valence-electron chi connectivity index (χ4n) is 3.90. The molecule has 1 aliphatic heterocycles. The molecule has 2 atom stereocenters. The Labute approximate surface area is 137 Å². The van der Waals surface area contributed by atoms with Gasteiger partial charge in [-0.2, -0.15) is 0 Å². The maximum absolute atomic E-state index is 13.8. The third-order valence-electron chi connectivity index (χ3n) is 5.48. The number of nitrogens with one attached hydrogen (secondary N) is 2. The number of carbonyl (C=O) groups excluding carboxylic acids is 1. The molecule has 128 valence electrons. The second-order valence-corrected chi connectivity index (χ2v) is 6.63. The molecule has 2 fully saturated rings. The Bertz CT molecular complexity index is 798. The lowest BCUT2D eigenvalue weighted by Crippen LogP contribution is -2.65. The SMILES string of the molecule is O=C(N[C@@H]1C[C@@H](O)C12CCOCC2)c1cc2c(F)c(F)ccc2[nH]1. The molecule has 1 aliphatic carbocycles. The summed E-state index contributed by atoms with van der Waals surface area (Å²) >= 11 is 0. The molecular weight excluding hydrogens is 318 g/mol. The molecule has 0 radical (unpaired) electrons. The predicted molar refractivity (Wildman–Crippen MR) is 82.6 cm³/mol. The van der Waals surface area contributed by atoms with Crippen LogP contribution in [-0.2, 0) is 4.74 Å². The first-order valence-electron chi connectivity index (χ1n) is 8.05. The lowest BCUT2D eigenvalue weighted by molar-refractivity contribution is -0.145. The van der Waals surface area contributed by atoms with Crippen LogP contribution in [0.5, 0.6) is 0 Å². The number of fused-ring (bicyclic) bond motifs is 1. The Hall–Kier alpha value is -1.99. The Morgan fingerprint density at radius 1 is 1.33 bits per heavy atom. The number of aromatic amines is 1. The van der Waals surface area contributed by atoms with Crippen molar-refractivity contribution in [3.05, 3.63) is 35.5 Å².